The summed E-state index contributed by atoms with van der Waals surface area (Å²) in [6, 6.07) is 12.5. The Morgan fingerprint density at radius 1 is 0.810 bits per heavy atom. The van der Waals surface area contributed by atoms with Gasteiger partial charge in [-0.25, -0.2) is 0 Å². The maximum atomic E-state index is 5.39. The summed E-state index contributed by atoms with van der Waals surface area (Å²) in [6.07, 6.45) is 2.10. The van der Waals surface area contributed by atoms with Gasteiger partial charge in [0, 0.05) is 5.75 Å². The lowest BCUT2D eigenvalue weighted by Gasteiger charge is -2.14. The van der Waals surface area contributed by atoms with Crippen LogP contribution in [-0.2, 0) is 5.75 Å². The summed E-state index contributed by atoms with van der Waals surface area (Å²) in [6.45, 7) is 0. The number of methoxy groups -OCH3 is 3. The molecule has 3 nitrogen and oxygen atoms in total. The Hall–Kier alpha value is -1.81. The summed E-state index contributed by atoms with van der Waals surface area (Å²) in [5, 5.41) is 0. The first-order valence-corrected chi connectivity index (χ1v) is 8.01. The fraction of sp³-hybridized carbons (Fsp3) is 0.294. The van der Waals surface area contributed by atoms with Crippen LogP contribution in [0.15, 0.2) is 36.4 Å². The van der Waals surface area contributed by atoms with Crippen LogP contribution in [0.25, 0.3) is 11.1 Å². The van der Waals surface area contributed by atoms with Crippen LogP contribution in [0.3, 0.4) is 0 Å². The van der Waals surface area contributed by atoms with E-state index in [9.17, 15) is 0 Å². The average Bonchev–Trinajstić information content (AvgIpc) is 2.54. The van der Waals surface area contributed by atoms with Crippen LogP contribution in [0, 0.1) is 0 Å². The highest BCUT2D eigenvalue weighted by atomic mass is 32.2. The summed E-state index contributed by atoms with van der Waals surface area (Å²) < 4.78 is 16.1. The fourth-order valence-electron chi connectivity index (χ4n) is 2.21. The van der Waals surface area contributed by atoms with Crippen LogP contribution >= 0.6 is 11.8 Å². The Morgan fingerprint density at radius 3 is 1.81 bits per heavy atom. The van der Waals surface area contributed by atoms with Gasteiger partial charge in [0.2, 0.25) is 5.75 Å². The molecule has 0 atom stereocenters. The van der Waals surface area contributed by atoms with Crippen molar-refractivity contribution < 1.29 is 14.2 Å². The molecule has 2 aromatic carbocycles. The second-order valence-electron chi connectivity index (χ2n) is 4.54. The van der Waals surface area contributed by atoms with Gasteiger partial charge in [0.05, 0.1) is 21.3 Å². The predicted molar refractivity (Wildman–Crippen MR) is 88.8 cm³/mol. The van der Waals surface area contributed by atoms with Crippen LogP contribution < -0.4 is 14.2 Å². The van der Waals surface area contributed by atoms with E-state index in [0.717, 1.165) is 16.9 Å². The van der Waals surface area contributed by atoms with Crippen molar-refractivity contribution >= 4 is 11.8 Å². The molecule has 0 N–H and O–H groups in total. The molecule has 0 aliphatic carbocycles. The first kappa shape index (κ1) is 15.6. The zero-order chi connectivity index (χ0) is 15.2. The highest BCUT2D eigenvalue weighted by Gasteiger charge is 2.13. The van der Waals surface area contributed by atoms with E-state index in [2.05, 4.69) is 30.5 Å². The van der Waals surface area contributed by atoms with Crippen molar-refractivity contribution in [2.45, 2.75) is 5.75 Å². The highest BCUT2D eigenvalue weighted by Crippen LogP contribution is 2.41. The smallest absolute Gasteiger partial charge is 0.203 e. The molecule has 0 radical (unpaired) electrons. The molecule has 0 spiro atoms. The molecule has 2 rings (SSSR count). The van der Waals surface area contributed by atoms with Gasteiger partial charge in [0.15, 0.2) is 11.5 Å². The molecule has 0 heterocycles. The maximum absolute atomic E-state index is 5.39. The Kier molecular flexibility index (Phi) is 5.39. The Balaban J connectivity index is 2.43. The number of benzene rings is 2. The van der Waals surface area contributed by atoms with Gasteiger partial charge in [-0.05, 0) is 35.1 Å². The number of thioether (sulfide) groups is 1. The van der Waals surface area contributed by atoms with Crippen LogP contribution in [-0.4, -0.2) is 27.6 Å². The first-order chi connectivity index (χ1) is 10.2. The van der Waals surface area contributed by atoms with Gasteiger partial charge in [-0.15, -0.1) is 0 Å². The van der Waals surface area contributed by atoms with Crippen molar-refractivity contribution in [2.24, 2.45) is 0 Å². The second kappa shape index (κ2) is 7.27. The molecule has 2 aromatic rings. The Labute approximate surface area is 130 Å². The van der Waals surface area contributed by atoms with Crippen molar-refractivity contribution in [3.63, 3.8) is 0 Å². The van der Waals surface area contributed by atoms with Gasteiger partial charge >= 0.3 is 0 Å². The minimum Gasteiger partial charge on any atom is -0.493 e. The van der Waals surface area contributed by atoms with Crippen molar-refractivity contribution in [1.29, 1.82) is 0 Å². The molecule has 0 aliphatic heterocycles. The molecule has 4 heteroatoms. The SMILES string of the molecule is COc1cc(-c2ccc(CSC)cc2)cc(OC)c1OC. The molecule has 0 amide bonds. The standard InChI is InChI=1S/C17H20O3S/c1-18-15-9-14(10-16(19-2)17(15)20-3)13-7-5-12(6-8-13)11-21-4/h5-10H,11H2,1-4H3. The summed E-state index contributed by atoms with van der Waals surface area (Å²) >= 11 is 1.82. The lowest BCUT2D eigenvalue weighted by Crippen LogP contribution is -1.95. The quantitative estimate of drug-likeness (QED) is 0.797. The van der Waals surface area contributed by atoms with Crippen LogP contribution in [0.4, 0.5) is 0 Å². The second-order valence-corrected chi connectivity index (χ2v) is 5.41. The molecular weight excluding hydrogens is 284 g/mol. The molecule has 0 fully saturated rings. The van der Waals surface area contributed by atoms with E-state index in [1.807, 2.05) is 23.9 Å². The van der Waals surface area contributed by atoms with Crippen molar-refractivity contribution in [3.05, 3.63) is 42.0 Å². The minimum atomic E-state index is 0.614. The molecule has 112 valence electrons. The van der Waals surface area contributed by atoms with Crippen molar-refractivity contribution in [2.75, 3.05) is 27.6 Å². The number of hydrogen-bond acceptors (Lipinski definition) is 4. The lowest BCUT2D eigenvalue weighted by molar-refractivity contribution is 0.324. The molecule has 0 bridgehead atoms. The number of ether oxygens (including phenoxy) is 3. The van der Waals surface area contributed by atoms with Crippen LogP contribution in [0.1, 0.15) is 5.56 Å². The van der Waals surface area contributed by atoms with Gasteiger partial charge in [0.1, 0.15) is 0 Å². The zero-order valence-corrected chi connectivity index (χ0v) is 13.6. The average molecular weight is 304 g/mol. The van der Waals surface area contributed by atoms with E-state index in [4.69, 9.17) is 14.2 Å². The fourth-order valence-corrected chi connectivity index (χ4v) is 2.73. The van der Waals surface area contributed by atoms with E-state index in [1.54, 1.807) is 21.3 Å². The van der Waals surface area contributed by atoms with Gasteiger partial charge in [-0.1, -0.05) is 24.3 Å². The lowest BCUT2D eigenvalue weighted by atomic mass is 10.0. The molecule has 0 aliphatic rings. The largest absolute Gasteiger partial charge is 0.493 e. The zero-order valence-electron chi connectivity index (χ0n) is 12.8. The predicted octanol–water partition coefficient (Wildman–Crippen LogP) is 4.24. The van der Waals surface area contributed by atoms with Gasteiger partial charge in [0.25, 0.3) is 0 Å². The number of hydrogen-bond donors (Lipinski definition) is 0. The van der Waals surface area contributed by atoms with E-state index >= 15 is 0 Å². The third-order valence-electron chi connectivity index (χ3n) is 3.26. The highest BCUT2D eigenvalue weighted by molar-refractivity contribution is 7.97. The van der Waals surface area contributed by atoms with E-state index in [1.165, 1.54) is 5.56 Å². The van der Waals surface area contributed by atoms with Gasteiger partial charge in [-0.2, -0.15) is 11.8 Å². The third kappa shape index (κ3) is 3.45. The van der Waals surface area contributed by atoms with E-state index in [0.29, 0.717) is 17.2 Å². The van der Waals surface area contributed by atoms with E-state index < -0.39 is 0 Å². The van der Waals surface area contributed by atoms with Crippen LogP contribution in [0.5, 0.6) is 17.2 Å². The normalized spacial score (nSPS) is 10.3. The molecular formula is C17H20O3S. The first-order valence-electron chi connectivity index (χ1n) is 6.61. The Bertz CT molecular complexity index is 568. The Morgan fingerprint density at radius 2 is 1.38 bits per heavy atom. The third-order valence-corrected chi connectivity index (χ3v) is 3.89. The minimum absolute atomic E-state index is 0.614. The molecule has 0 aromatic heterocycles. The van der Waals surface area contributed by atoms with Gasteiger partial charge < -0.3 is 14.2 Å². The summed E-state index contributed by atoms with van der Waals surface area (Å²) in [5.41, 5.74) is 3.48. The van der Waals surface area contributed by atoms with Crippen molar-refractivity contribution in [3.8, 4) is 28.4 Å². The monoisotopic (exact) mass is 304 g/mol. The van der Waals surface area contributed by atoms with E-state index in [-0.39, 0.29) is 0 Å². The topological polar surface area (TPSA) is 27.7 Å². The molecule has 21 heavy (non-hydrogen) atoms. The van der Waals surface area contributed by atoms with Gasteiger partial charge in [-0.3, -0.25) is 0 Å². The molecule has 0 unspecified atom stereocenters. The van der Waals surface area contributed by atoms with Crippen LogP contribution in [0.2, 0.25) is 0 Å². The molecule has 0 saturated heterocycles. The molecule has 0 saturated carbocycles. The maximum Gasteiger partial charge on any atom is 0.203 e. The number of rotatable bonds is 6. The van der Waals surface area contributed by atoms with Crippen molar-refractivity contribution in [1.82, 2.24) is 0 Å². The summed E-state index contributed by atoms with van der Waals surface area (Å²) in [4.78, 5) is 0. The summed E-state index contributed by atoms with van der Waals surface area (Å²) in [7, 11) is 4.86. The summed E-state index contributed by atoms with van der Waals surface area (Å²) in [5.74, 6) is 2.97.